The smallest absolute Gasteiger partial charge is 0.119 e. The van der Waals surface area contributed by atoms with E-state index in [0.29, 0.717) is 6.61 Å². The van der Waals surface area contributed by atoms with Crippen LogP contribution in [0.1, 0.15) is 27.8 Å². The van der Waals surface area contributed by atoms with Gasteiger partial charge in [-0.05, 0) is 43.2 Å². The maximum absolute atomic E-state index is 6.11. The topological polar surface area (TPSA) is 9.23 Å². The van der Waals surface area contributed by atoms with Crippen LogP contribution in [0.2, 0.25) is 4.34 Å². The van der Waals surface area contributed by atoms with Gasteiger partial charge in [-0.15, -0.1) is 11.3 Å². The van der Waals surface area contributed by atoms with E-state index in [-0.39, 0.29) is 4.83 Å². The highest BCUT2D eigenvalue weighted by Gasteiger charge is 2.14. The highest BCUT2D eigenvalue weighted by molar-refractivity contribution is 9.09. The van der Waals surface area contributed by atoms with Gasteiger partial charge < -0.3 is 4.74 Å². The van der Waals surface area contributed by atoms with Crippen LogP contribution >= 0.6 is 38.9 Å². The van der Waals surface area contributed by atoms with Gasteiger partial charge >= 0.3 is 0 Å². The van der Waals surface area contributed by atoms with E-state index in [2.05, 4.69) is 34.1 Å². The predicted molar refractivity (Wildman–Crippen MR) is 82.4 cm³/mol. The molecule has 0 aliphatic carbocycles. The van der Waals surface area contributed by atoms with E-state index in [0.717, 1.165) is 15.6 Å². The summed E-state index contributed by atoms with van der Waals surface area (Å²) in [6.07, 6.45) is 0. The molecule has 0 aliphatic heterocycles. The lowest BCUT2D eigenvalue weighted by molar-refractivity contribution is 0.340. The zero-order chi connectivity index (χ0) is 13.1. The highest BCUT2D eigenvalue weighted by atomic mass is 79.9. The second-order valence-corrected chi connectivity index (χ2v) is 6.57. The summed E-state index contributed by atoms with van der Waals surface area (Å²) in [5.41, 5.74) is 2.34. The number of hydrogen-bond acceptors (Lipinski definition) is 2. The molecule has 18 heavy (non-hydrogen) atoms. The molecular formula is C14H14BrClOS. The monoisotopic (exact) mass is 344 g/mol. The van der Waals surface area contributed by atoms with Gasteiger partial charge in [-0.25, -0.2) is 0 Å². The molecule has 0 aliphatic rings. The number of thiophene rings is 1. The van der Waals surface area contributed by atoms with Crippen molar-refractivity contribution in [1.82, 2.24) is 0 Å². The molecule has 1 atom stereocenters. The van der Waals surface area contributed by atoms with Crippen LogP contribution in [0, 0.1) is 6.92 Å². The number of hydrogen-bond donors (Lipinski definition) is 0. The normalized spacial score (nSPS) is 12.4. The fourth-order valence-electron chi connectivity index (χ4n) is 1.67. The Morgan fingerprint density at radius 3 is 2.50 bits per heavy atom. The minimum Gasteiger partial charge on any atom is -0.494 e. The average molecular weight is 346 g/mol. The summed E-state index contributed by atoms with van der Waals surface area (Å²) in [5, 5.41) is 0. The summed E-state index contributed by atoms with van der Waals surface area (Å²) in [6, 6.07) is 10.3. The van der Waals surface area contributed by atoms with E-state index >= 15 is 0 Å². The Morgan fingerprint density at radius 2 is 2.00 bits per heavy atom. The Kier molecular flexibility index (Phi) is 4.71. The van der Waals surface area contributed by atoms with Gasteiger partial charge in [-0.3, -0.25) is 0 Å². The van der Waals surface area contributed by atoms with Crippen LogP contribution in [0.4, 0.5) is 0 Å². The first-order chi connectivity index (χ1) is 8.61. The van der Waals surface area contributed by atoms with E-state index in [9.17, 15) is 0 Å². The largest absolute Gasteiger partial charge is 0.494 e. The second-order valence-electron chi connectivity index (χ2n) is 3.97. The summed E-state index contributed by atoms with van der Waals surface area (Å²) >= 11 is 11.4. The molecular weight excluding hydrogens is 332 g/mol. The molecule has 0 saturated heterocycles. The molecule has 1 aromatic carbocycles. The van der Waals surface area contributed by atoms with E-state index in [1.165, 1.54) is 10.4 Å². The Labute approximate surface area is 125 Å². The third-order valence-electron chi connectivity index (χ3n) is 2.61. The van der Waals surface area contributed by atoms with Gasteiger partial charge in [0.05, 0.1) is 15.8 Å². The van der Waals surface area contributed by atoms with Crippen molar-refractivity contribution in [2.75, 3.05) is 6.61 Å². The molecule has 1 nitrogen and oxygen atoms in total. The molecule has 0 radical (unpaired) electrons. The third kappa shape index (κ3) is 3.08. The van der Waals surface area contributed by atoms with Gasteiger partial charge in [0.1, 0.15) is 5.75 Å². The number of aryl methyl sites for hydroxylation is 1. The van der Waals surface area contributed by atoms with Gasteiger partial charge in [-0.2, -0.15) is 0 Å². The Hall–Kier alpha value is -0.510. The Bertz CT molecular complexity index is 502. The summed E-state index contributed by atoms with van der Waals surface area (Å²) in [6.45, 7) is 4.70. The van der Waals surface area contributed by atoms with E-state index in [1.807, 2.05) is 26.0 Å². The molecule has 0 amide bonds. The van der Waals surface area contributed by atoms with Crippen molar-refractivity contribution in [3.05, 3.63) is 50.7 Å². The quantitative estimate of drug-likeness (QED) is 0.656. The Morgan fingerprint density at radius 1 is 1.33 bits per heavy atom. The molecule has 0 fully saturated rings. The fraction of sp³-hybridized carbons (Fsp3) is 0.286. The number of rotatable bonds is 4. The van der Waals surface area contributed by atoms with Crippen molar-refractivity contribution in [2.45, 2.75) is 18.7 Å². The van der Waals surface area contributed by atoms with E-state index < -0.39 is 0 Å². The van der Waals surface area contributed by atoms with Gasteiger partial charge in [0, 0.05) is 4.88 Å². The molecule has 2 rings (SSSR count). The standard InChI is InChI=1S/C14H14BrClOS/c1-3-17-11-6-4-10(5-7-11)13(15)12-8-9(2)14(16)18-12/h4-8,13H,3H2,1-2H3. The molecule has 0 saturated carbocycles. The third-order valence-corrected chi connectivity index (χ3v) is 5.55. The lowest BCUT2D eigenvalue weighted by Crippen LogP contribution is -1.93. The maximum atomic E-state index is 6.11. The molecule has 0 bridgehead atoms. The number of benzene rings is 1. The van der Waals surface area contributed by atoms with Crippen molar-refractivity contribution in [3.63, 3.8) is 0 Å². The first-order valence-electron chi connectivity index (χ1n) is 5.74. The van der Waals surface area contributed by atoms with E-state index in [4.69, 9.17) is 16.3 Å². The lowest BCUT2D eigenvalue weighted by Gasteiger charge is -2.09. The zero-order valence-corrected chi connectivity index (χ0v) is 13.4. The average Bonchev–Trinajstić information content (AvgIpc) is 2.70. The summed E-state index contributed by atoms with van der Waals surface area (Å²) in [4.78, 5) is 1.41. The van der Waals surface area contributed by atoms with Crippen molar-refractivity contribution >= 4 is 38.9 Å². The zero-order valence-electron chi connectivity index (χ0n) is 10.2. The van der Waals surface area contributed by atoms with Crippen molar-refractivity contribution in [1.29, 1.82) is 0 Å². The van der Waals surface area contributed by atoms with Crippen LogP contribution in [-0.4, -0.2) is 6.61 Å². The molecule has 0 spiro atoms. The van der Waals surface area contributed by atoms with Gasteiger partial charge in [-0.1, -0.05) is 39.7 Å². The molecule has 1 aromatic heterocycles. The fourth-order valence-corrected chi connectivity index (χ4v) is 3.61. The molecule has 2 aromatic rings. The van der Waals surface area contributed by atoms with Gasteiger partial charge in [0.2, 0.25) is 0 Å². The van der Waals surface area contributed by atoms with Crippen molar-refractivity contribution < 1.29 is 4.74 Å². The van der Waals surface area contributed by atoms with Gasteiger partial charge in [0.15, 0.2) is 0 Å². The number of ether oxygens (including phenoxy) is 1. The first-order valence-corrected chi connectivity index (χ1v) is 7.85. The molecule has 0 N–H and O–H groups in total. The lowest BCUT2D eigenvalue weighted by atomic mass is 10.1. The molecule has 1 unspecified atom stereocenters. The van der Waals surface area contributed by atoms with Crippen LogP contribution in [-0.2, 0) is 0 Å². The van der Waals surface area contributed by atoms with Gasteiger partial charge in [0.25, 0.3) is 0 Å². The van der Waals surface area contributed by atoms with E-state index in [1.54, 1.807) is 11.3 Å². The predicted octanol–water partition coefficient (Wildman–Crippen LogP) is 5.59. The van der Waals surface area contributed by atoms with Crippen molar-refractivity contribution in [3.8, 4) is 5.75 Å². The minimum atomic E-state index is 0.185. The van der Waals surface area contributed by atoms with Crippen LogP contribution in [0.25, 0.3) is 0 Å². The summed E-state index contributed by atoms with van der Waals surface area (Å²) in [5.74, 6) is 0.904. The summed E-state index contributed by atoms with van der Waals surface area (Å²) < 4.78 is 6.30. The molecule has 1 heterocycles. The van der Waals surface area contributed by atoms with Crippen LogP contribution in [0.15, 0.2) is 30.3 Å². The summed E-state index contributed by atoms with van der Waals surface area (Å²) in [7, 11) is 0. The highest BCUT2D eigenvalue weighted by Crippen LogP contribution is 2.39. The number of alkyl halides is 1. The number of halogens is 2. The first kappa shape index (κ1) is 13.9. The van der Waals surface area contributed by atoms with Crippen LogP contribution in [0.3, 0.4) is 0 Å². The second kappa shape index (κ2) is 6.09. The minimum absolute atomic E-state index is 0.185. The van der Waals surface area contributed by atoms with Crippen LogP contribution < -0.4 is 4.74 Å². The maximum Gasteiger partial charge on any atom is 0.119 e. The SMILES string of the molecule is CCOc1ccc(C(Br)c2cc(C)c(Cl)s2)cc1. The Balaban J connectivity index is 2.20. The molecule has 96 valence electrons. The van der Waals surface area contributed by atoms with Crippen LogP contribution in [0.5, 0.6) is 5.75 Å². The van der Waals surface area contributed by atoms with Crippen molar-refractivity contribution in [2.24, 2.45) is 0 Å². The molecule has 4 heteroatoms.